The van der Waals surface area contributed by atoms with Crippen LogP contribution in [0.1, 0.15) is 35.3 Å². The highest BCUT2D eigenvalue weighted by molar-refractivity contribution is 6.05. The van der Waals surface area contributed by atoms with Crippen molar-refractivity contribution in [2.75, 3.05) is 54.1 Å². The number of piperazine rings is 1. The molecule has 1 saturated heterocycles. The largest absolute Gasteiger partial charge is 0.416 e. The molecule has 1 aliphatic rings. The first-order valence-electron chi connectivity index (χ1n) is 13.8. The van der Waals surface area contributed by atoms with Crippen LogP contribution in [0.4, 0.5) is 42.0 Å². The first-order valence-corrected chi connectivity index (χ1v) is 13.8. The lowest BCUT2D eigenvalue weighted by Gasteiger charge is -2.38. The minimum absolute atomic E-state index is 0.0695. The van der Waals surface area contributed by atoms with Crippen LogP contribution in [-0.4, -0.2) is 74.8 Å². The number of halogens is 3. The van der Waals surface area contributed by atoms with Crippen molar-refractivity contribution < 1.29 is 18.0 Å². The Morgan fingerprint density at radius 2 is 1.72 bits per heavy atom. The first kappa shape index (κ1) is 29.8. The zero-order valence-electron chi connectivity index (χ0n) is 24.3. The number of aromatic nitrogens is 5. The van der Waals surface area contributed by atoms with E-state index in [0.29, 0.717) is 48.1 Å². The summed E-state index contributed by atoms with van der Waals surface area (Å²) in [4.78, 5) is 30.1. The SMILES string of the molecule is CNc1cc(-n2ncnc2Nc2cc(C(=O)Nc3cc(N4CCN(C(C)C)CC4)cc(C(F)(F)F)c3)ccc2C)ncn1. The number of carbonyl (C=O) groups excluding carboxylic acids is 1. The summed E-state index contributed by atoms with van der Waals surface area (Å²) >= 11 is 0. The van der Waals surface area contributed by atoms with Gasteiger partial charge in [-0.1, -0.05) is 6.07 Å². The molecule has 0 bridgehead atoms. The molecule has 0 spiro atoms. The highest BCUT2D eigenvalue weighted by atomic mass is 19.4. The van der Waals surface area contributed by atoms with Gasteiger partial charge in [-0.3, -0.25) is 9.69 Å². The van der Waals surface area contributed by atoms with Gasteiger partial charge in [0.15, 0.2) is 5.82 Å². The van der Waals surface area contributed by atoms with Crippen LogP contribution >= 0.6 is 0 Å². The van der Waals surface area contributed by atoms with Gasteiger partial charge in [0.25, 0.3) is 5.91 Å². The number of nitrogens with one attached hydrogen (secondary N) is 3. The van der Waals surface area contributed by atoms with Crippen LogP contribution in [0.15, 0.2) is 55.1 Å². The van der Waals surface area contributed by atoms with Gasteiger partial charge >= 0.3 is 6.18 Å². The van der Waals surface area contributed by atoms with Gasteiger partial charge in [-0.15, -0.1) is 0 Å². The minimum atomic E-state index is -4.57. The Balaban J connectivity index is 1.37. The number of nitrogens with zero attached hydrogens (tertiary/aromatic N) is 7. The van der Waals surface area contributed by atoms with Crippen LogP contribution < -0.4 is 20.9 Å². The molecule has 2 aromatic heterocycles. The summed E-state index contributed by atoms with van der Waals surface area (Å²) < 4.78 is 43.0. The third-order valence-electron chi connectivity index (χ3n) is 7.33. The fourth-order valence-electron chi connectivity index (χ4n) is 4.84. The summed E-state index contributed by atoms with van der Waals surface area (Å²) in [5, 5.41) is 13.0. The standard InChI is InChI=1S/C29H33F3N10O/c1-18(2)40-7-9-41(10-8-40)23-13-21(29(30,31)32)12-22(14-23)38-27(43)20-6-5-19(3)24(11-20)39-28-36-17-37-42(28)26-15-25(33-4)34-16-35-26/h5-6,11-18H,7-10H2,1-4H3,(H,38,43)(H,33,34,35)(H,36,37,39). The zero-order valence-corrected chi connectivity index (χ0v) is 24.3. The van der Waals surface area contributed by atoms with E-state index < -0.39 is 17.6 Å². The number of benzene rings is 2. The van der Waals surface area contributed by atoms with Gasteiger partial charge in [0.05, 0.1) is 5.56 Å². The topological polar surface area (TPSA) is 116 Å². The second-order valence-corrected chi connectivity index (χ2v) is 10.5. The van der Waals surface area contributed by atoms with Crippen LogP contribution in [0.25, 0.3) is 5.82 Å². The molecule has 4 aromatic rings. The minimum Gasteiger partial charge on any atom is -0.373 e. The lowest BCUT2D eigenvalue weighted by Crippen LogP contribution is -2.49. The van der Waals surface area contributed by atoms with Gasteiger partial charge in [-0.2, -0.15) is 27.9 Å². The van der Waals surface area contributed by atoms with Gasteiger partial charge < -0.3 is 20.9 Å². The molecule has 43 heavy (non-hydrogen) atoms. The zero-order chi connectivity index (χ0) is 30.7. The maximum absolute atomic E-state index is 13.8. The Morgan fingerprint density at radius 1 is 0.953 bits per heavy atom. The second-order valence-electron chi connectivity index (χ2n) is 10.5. The lowest BCUT2D eigenvalue weighted by atomic mass is 10.1. The quantitative estimate of drug-likeness (QED) is 0.261. The van der Waals surface area contributed by atoms with E-state index in [2.05, 4.69) is 54.7 Å². The van der Waals surface area contributed by atoms with E-state index in [-0.39, 0.29) is 11.3 Å². The number of hydrogen-bond acceptors (Lipinski definition) is 9. The fourth-order valence-corrected chi connectivity index (χ4v) is 4.84. The predicted molar refractivity (Wildman–Crippen MR) is 159 cm³/mol. The van der Waals surface area contributed by atoms with Crippen LogP contribution in [0.5, 0.6) is 0 Å². The monoisotopic (exact) mass is 594 g/mol. The molecule has 226 valence electrons. The summed E-state index contributed by atoms with van der Waals surface area (Å²) in [5.41, 5.74) is 1.31. The fraction of sp³-hybridized carbons (Fsp3) is 0.345. The van der Waals surface area contributed by atoms with Crippen LogP contribution in [-0.2, 0) is 6.18 Å². The van der Waals surface area contributed by atoms with Gasteiger partial charge in [-0.05, 0) is 56.7 Å². The van der Waals surface area contributed by atoms with E-state index in [1.165, 1.54) is 17.3 Å². The molecule has 0 atom stereocenters. The number of alkyl halides is 3. The van der Waals surface area contributed by atoms with E-state index in [1.807, 2.05) is 11.8 Å². The Hall–Kier alpha value is -4.72. The molecule has 0 aliphatic carbocycles. The molecule has 0 saturated carbocycles. The molecule has 2 aromatic carbocycles. The summed E-state index contributed by atoms with van der Waals surface area (Å²) in [6, 6.07) is 10.7. The Labute approximate surface area is 247 Å². The molecular formula is C29H33F3N10O. The van der Waals surface area contributed by atoms with E-state index >= 15 is 0 Å². The van der Waals surface area contributed by atoms with Crippen LogP contribution in [0, 0.1) is 6.92 Å². The van der Waals surface area contributed by atoms with Crippen LogP contribution in [0.2, 0.25) is 0 Å². The third kappa shape index (κ3) is 6.85. The van der Waals surface area contributed by atoms with Gasteiger partial charge in [0.1, 0.15) is 18.5 Å². The average molecular weight is 595 g/mol. The maximum Gasteiger partial charge on any atom is 0.416 e. The molecule has 1 aliphatic heterocycles. The Kier molecular flexibility index (Phi) is 8.48. The number of amides is 1. The second kappa shape index (κ2) is 12.3. The molecule has 5 rings (SSSR count). The van der Waals surface area contributed by atoms with Gasteiger partial charge in [0, 0.05) is 68.0 Å². The molecule has 3 heterocycles. The van der Waals surface area contributed by atoms with Crippen molar-refractivity contribution in [2.24, 2.45) is 0 Å². The molecule has 1 amide bonds. The number of aryl methyl sites for hydroxylation is 1. The normalized spacial score (nSPS) is 14.2. The summed E-state index contributed by atoms with van der Waals surface area (Å²) in [6.07, 6.45) is -1.80. The molecule has 3 N–H and O–H groups in total. The molecule has 14 heteroatoms. The number of carbonyl (C=O) groups is 1. The molecular weight excluding hydrogens is 561 g/mol. The molecule has 0 unspecified atom stereocenters. The van der Waals surface area contributed by atoms with E-state index in [1.54, 1.807) is 37.4 Å². The summed E-state index contributed by atoms with van der Waals surface area (Å²) in [7, 11) is 1.74. The van der Waals surface area contributed by atoms with Crippen molar-refractivity contribution in [2.45, 2.75) is 33.0 Å². The highest BCUT2D eigenvalue weighted by Crippen LogP contribution is 2.35. The number of hydrogen-bond donors (Lipinski definition) is 3. The predicted octanol–water partition coefficient (Wildman–Crippen LogP) is 4.95. The lowest BCUT2D eigenvalue weighted by molar-refractivity contribution is -0.137. The van der Waals surface area contributed by atoms with Gasteiger partial charge in [0.2, 0.25) is 5.95 Å². The van der Waals surface area contributed by atoms with E-state index in [9.17, 15) is 18.0 Å². The van der Waals surface area contributed by atoms with E-state index in [0.717, 1.165) is 30.8 Å². The molecule has 11 nitrogen and oxygen atoms in total. The van der Waals surface area contributed by atoms with Crippen LogP contribution in [0.3, 0.4) is 0 Å². The highest BCUT2D eigenvalue weighted by Gasteiger charge is 2.32. The van der Waals surface area contributed by atoms with Crippen molar-refractivity contribution in [1.82, 2.24) is 29.6 Å². The Bertz CT molecular complexity index is 1600. The van der Waals surface area contributed by atoms with Crippen molar-refractivity contribution in [3.05, 3.63) is 71.8 Å². The summed E-state index contributed by atoms with van der Waals surface area (Å²) in [5.74, 6) is 0.865. The van der Waals surface area contributed by atoms with Crippen molar-refractivity contribution in [3.8, 4) is 5.82 Å². The van der Waals surface area contributed by atoms with Crippen molar-refractivity contribution >= 4 is 34.7 Å². The number of rotatable bonds is 8. The third-order valence-corrected chi connectivity index (χ3v) is 7.33. The maximum atomic E-state index is 13.8. The first-order chi connectivity index (χ1) is 20.5. The average Bonchev–Trinajstić information content (AvgIpc) is 3.46. The smallest absolute Gasteiger partial charge is 0.373 e. The molecule has 0 radical (unpaired) electrons. The molecule has 1 fully saturated rings. The van der Waals surface area contributed by atoms with Crippen molar-refractivity contribution in [1.29, 1.82) is 0 Å². The van der Waals surface area contributed by atoms with Gasteiger partial charge in [-0.25, -0.2) is 9.97 Å². The van der Waals surface area contributed by atoms with E-state index in [4.69, 9.17) is 0 Å². The Morgan fingerprint density at radius 3 is 2.42 bits per heavy atom. The number of anilines is 5. The summed E-state index contributed by atoms with van der Waals surface area (Å²) in [6.45, 7) is 8.73. The van der Waals surface area contributed by atoms with Crippen molar-refractivity contribution in [3.63, 3.8) is 0 Å².